The summed E-state index contributed by atoms with van der Waals surface area (Å²) in [6.45, 7) is 3.70. The van der Waals surface area contributed by atoms with Crippen molar-refractivity contribution in [1.82, 2.24) is 0 Å². The fourth-order valence-electron chi connectivity index (χ4n) is 1.48. The molecule has 0 saturated heterocycles. The first-order chi connectivity index (χ1) is 4.34. The predicted molar refractivity (Wildman–Crippen MR) is 43.5 cm³/mol. The van der Waals surface area contributed by atoms with Crippen molar-refractivity contribution >= 4 is 12.6 Å². The van der Waals surface area contributed by atoms with Gasteiger partial charge in [0.1, 0.15) is 0 Å². The molecule has 0 nitrogen and oxygen atoms in total. The molecule has 51 valence electrons. The normalized spacial score (nSPS) is 24.1. The third-order valence-corrected chi connectivity index (χ3v) is 2.67. The lowest BCUT2D eigenvalue weighted by Crippen LogP contribution is -2.06. The van der Waals surface area contributed by atoms with Crippen LogP contribution in [0.15, 0.2) is 12.7 Å². The van der Waals surface area contributed by atoms with Gasteiger partial charge in [0.25, 0.3) is 0 Å². The number of hydrogen-bond acceptors (Lipinski definition) is 0. The van der Waals surface area contributed by atoms with E-state index in [4.69, 9.17) is 12.6 Å². The van der Waals surface area contributed by atoms with E-state index in [0.29, 0.717) is 5.25 Å². The third kappa shape index (κ3) is 1.75. The zero-order valence-corrected chi connectivity index (χ0v) is 6.49. The van der Waals surface area contributed by atoms with Crippen LogP contribution in [-0.4, -0.2) is 5.25 Å². The van der Waals surface area contributed by atoms with Crippen molar-refractivity contribution in [3.8, 4) is 0 Å². The van der Waals surface area contributed by atoms with Gasteiger partial charge in [-0.3, -0.25) is 0 Å². The van der Waals surface area contributed by atoms with Gasteiger partial charge in [-0.05, 0) is 18.8 Å². The van der Waals surface area contributed by atoms with Crippen LogP contribution in [-0.2, 0) is 0 Å². The summed E-state index contributed by atoms with van der Waals surface area (Å²) in [4.78, 5) is 0. The lowest BCUT2D eigenvalue weighted by Gasteiger charge is -2.10. The standard InChI is InChI=1S/C8H13S/c1-2-8(9)7-5-3-4-6-7/h2,7-8H,1,3-6H2. The highest BCUT2D eigenvalue weighted by Crippen LogP contribution is 2.30. The molecule has 9 heavy (non-hydrogen) atoms. The Morgan fingerprint density at radius 1 is 1.44 bits per heavy atom. The lowest BCUT2D eigenvalue weighted by molar-refractivity contribution is 0.573. The Balaban J connectivity index is 2.32. The van der Waals surface area contributed by atoms with Gasteiger partial charge >= 0.3 is 0 Å². The van der Waals surface area contributed by atoms with Gasteiger partial charge in [0.2, 0.25) is 0 Å². The Labute approximate surface area is 62.8 Å². The fraction of sp³-hybridized carbons (Fsp3) is 0.750. The minimum atomic E-state index is 0.340. The van der Waals surface area contributed by atoms with Crippen molar-refractivity contribution in [2.75, 3.05) is 0 Å². The fourth-order valence-corrected chi connectivity index (χ4v) is 1.75. The van der Waals surface area contributed by atoms with E-state index in [9.17, 15) is 0 Å². The van der Waals surface area contributed by atoms with E-state index < -0.39 is 0 Å². The van der Waals surface area contributed by atoms with Crippen molar-refractivity contribution < 1.29 is 0 Å². The van der Waals surface area contributed by atoms with Gasteiger partial charge in [-0.1, -0.05) is 31.5 Å². The van der Waals surface area contributed by atoms with Crippen LogP contribution in [0.1, 0.15) is 25.7 Å². The maximum atomic E-state index is 5.18. The van der Waals surface area contributed by atoms with Crippen LogP contribution in [0, 0.1) is 5.92 Å². The van der Waals surface area contributed by atoms with Gasteiger partial charge in [-0.15, -0.1) is 6.58 Å². The third-order valence-electron chi connectivity index (χ3n) is 2.10. The summed E-state index contributed by atoms with van der Waals surface area (Å²) < 4.78 is 0. The Hall–Kier alpha value is 0.0900. The Kier molecular flexibility index (Phi) is 2.65. The smallest absolute Gasteiger partial charge is 0.0357 e. The van der Waals surface area contributed by atoms with Gasteiger partial charge in [0.05, 0.1) is 0 Å². The van der Waals surface area contributed by atoms with E-state index in [2.05, 4.69) is 6.58 Å². The second-order valence-corrected chi connectivity index (χ2v) is 3.29. The van der Waals surface area contributed by atoms with E-state index in [1.807, 2.05) is 6.08 Å². The molecule has 0 spiro atoms. The maximum absolute atomic E-state index is 5.18. The topological polar surface area (TPSA) is 0 Å². The molecule has 1 atom stereocenters. The van der Waals surface area contributed by atoms with Crippen molar-refractivity contribution in [3.63, 3.8) is 0 Å². The molecule has 1 heteroatoms. The first kappa shape index (κ1) is 7.20. The van der Waals surface area contributed by atoms with Gasteiger partial charge < -0.3 is 0 Å². The molecular weight excluding hydrogens is 128 g/mol. The van der Waals surface area contributed by atoms with Crippen molar-refractivity contribution in [1.29, 1.82) is 0 Å². The van der Waals surface area contributed by atoms with Crippen LogP contribution < -0.4 is 0 Å². The van der Waals surface area contributed by atoms with Crippen LogP contribution in [0.25, 0.3) is 0 Å². The minimum Gasteiger partial charge on any atom is -0.102 e. The summed E-state index contributed by atoms with van der Waals surface area (Å²) in [6, 6.07) is 0. The van der Waals surface area contributed by atoms with Gasteiger partial charge in [0.15, 0.2) is 0 Å². The molecule has 0 aromatic heterocycles. The second kappa shape index (κ2) is 3.31. The minimum absolute atomic E-state index is 0.340. The Bertz CT molecular complexity index is 92.7. The molecule has 0 aromatic carbocycles. The molecule has 0 aliphatic heterocycles. The molecule has 1 rings (SSSR count). The van der Waals surface area contributed by atoms with E-state index in [1.54, 1.807) is 0 Å². The summed E-state index contributed by atoms with van der Waals surface area (Å²) in [5.41, 5.74) is 0. The van der Waals surface area contributed by atoms with Gasteiger partial charge in [0, 0.05) is 5.25 Å². The lowest BCUT2D eigenvalue weighted by atomic mass is 10.0. The molecule has 0 N–H and O–H groups in total. The zero-order chi connectivity index (χ0) is 6.69. The maximum Gasteiger partial charge on any atom is 0.0357 e. The first-order valence-electron chi connectivity index (χ1n) is 3.63. The molecule has 1 aliphatic rings. The second-order valence-electron chi connectivity index (χ2n) is 2.74. The molecule has 1 unspecified atom stereocenters. The van der Waals surface area contributed by atoms with Crippen molar-refractivity contribution in [3.05, 3.63) is 12.7 Å². The van der Waals surface area contributed by atoms with E-state index in [1.165, 1.54) is 25.7 Å². The zero-order valence-electron chi connectivity index (χ0n) is 5.68. The summed E-state index contributed by atoms with van der Waals surface area (Å²) >= 11 is 5.18. The largest absolute Gasteiger partial charge is 0.102 e. The molecule has 0 amide bonds. The SMILES string of the molecule is C=CC([S])C1CCCC1. The van der Waals surface area contributed by atoms with Crippen LogP contribution >= 0.6 is 12.6 Å². The van der Waals surface area contributed by atoms with Crippen molar-refractivity contribution in [2.45, 2.75) is 30.9 Å². The molecule has 1 saturated carbocycles. The summed E-state index contributed by atoms with van der Waals surface area (Å²) in [5, 5.41) is 0.340. The molecule has 1 radical (unpaired) electrons. The van der Waals surface area contributed by atoms with Crippen molar-refractivity contribution in [2.24, 2.45) is 5.92 Å². The monoisotopic (exact) mass is 141 g/mol. The quantitative estimate of drug-likeness (QED) is 0.519. The van der Waals surface area contributed by atoms with Gasteiger partial charge in [-0.2, -0.15) is 0 Å². The number of rotatable bonds is 2. The average Bonchev–Trinajstić information content (AvgIpc) is 2.37. The van der Waals surface area contributed by atoms with E-state index in [-0.39, 0.29) is 0 Å². The molecule has 1 fully saturated rings. The Morgan fingerprint density at radius 3 is 2.44 bits per heavy atom. The highest BCUT2D eigenvalue weighted by atomic mass is 32.1. The van der Waals surface area contributed by atoms with Gasteiger partial charge in [-0.25, -0.2) is 0 Å². The number of hydrogen-bond donors (Lipinski definition) is 0. The highest BCUT2D eigenvalue weighted by Gasteiger charge is 2.19. The summed E-state index contributed by atoms with van der Waals surface area (Å²) in [6.07, 6.45) is 7.34. The average molecular weight is 141 g/mol. The first-order valence-corrected chi connectivity index (χ1v) is 4.10. The van der Waals surface area contributed by atoms with Crippen LogP contribution in [0.2, 0.25) is 0 Å². The molecule has 0 bridgehead atoms. The molecule has 0 aromatic rings. The highest BCUT2D eigenvalue weighted by molar-refractivity contribution is 7.81. The summed E-state index contributed by atoms with van der Waals surface area (Å²) in [7, 11) is 0. The van der Waals surface area contributed by atoms with Crippen LogP contribution in [0.5, 0.6) is 0 Å². The molecule has 1 aliphatic carbocycles. The molecule has 0 heterocycles. The van der Waals surface area contributed by atoms with E-state index in [0.717, 1.165) is 5.92 Å². The summed E-state index contributed by atoms with van der Waals surface area (Å²) in [5.74, 6) is 0.775. The molecular formula is C8H13S. The van der Waals surface area contributed by atoms with E-state index >= 15 is 0 Å². The van der Waals surface area contributed by atoms with Crippen LogP contribution in [0.4, 0.5) is 0 Å². The predicted octanol–water partition coefficient (Wildman–Crippen LogP) is 2.93. The van der Waals surface area contributed by atoms with Crippen LogP contribution in [0.3, 0.4) is 0 Å². The Morgan fingerprint density at radius 2 is 2.00 bits per heavy atom.